The third-order valence-electron chi connectivity index (χ3n) is 5.25. The van der Waals surface area contributed by atoms with Gasteiger partial charge >= 0.3 is 0 Å². The zero-order chi connectivity index (χ0) is 22.0. The maximum atomic E-state index is 14.9. The van der Waals surface area contributed by atoms with Gasteiger partial charge in [-0.3, -0.25) is 4.79 Å². The molecule has 0 bridgehead atoms. The van der Waals surface area contributed by atoms with Crippen LogP contribution >= 0.6 is 11.8 Å². The zero-order valence-corrected chi connectivity index (χ0v) is 17.0. The van der Waals surface area contributed by atoms with Gasteiger partial charge in [0.2, 0.25) is 6.86 Å². The number of carbonyl (C=O) groups is 1. The largest absolute Gasteiger partial charge is 0.461 e. The quantitative estimate of drug-likeness (QED) is 0.724. The van der Waals surface area contributed by atoms with Crippen molar-refractivity contribution in [1.82, 2.24) is 4.98 Å². The number of pyridine rings is 1. The number of anilines is 1. The third kappa shape index (κ3) is 4.19. The molecule has 0 radical (unpaired) electrons. The monoisotopic (exact) mass is 452 g/mol. The number of nitrogens with zero attached hydrogens (tertiary/aromatic N) is 2. The number of aliphatic imine (C=N–C) groups is 1. The van der Waals surface area contributed by atoms with Crippen molar-refractivity contribution in [3.8, 4) is 5.75 Å². The number of amidine groups is 1. The first-order valence-corrected chi connectivity index (χ1v) is 10.4. The maximum absolute atomic E-state index is 14.9. The van der Waals surface area contributed by atoms with Crippen molar-refractivity contribution < 1.29 is 27.4 Å². The number of rotatable bonds is 5. The fourth-order valence-electron chi connectivity index (χ4n) is 3.74. The highest BCUT2D eigenvalue weighted by Gasteiger charge is 2.51. The fraction of sp³-hybridized carbons (Fsp3) is 0.350. The molecule has 2 aliphatic heterocycles. The van der Waals surface area contributed by atoms with Crippen LogP contribution < -0.4 is 15.8 Å². The van der Waals surface area contributed by atoms with Crippen LogP contribution in [0.5, 0.6) is 5.75 Å². The summed E-state index contributed by atoms with van der Waals surface area (Å²) in [7, 11) is 0. The first kappa shape index (κ1) is 21.4. The number of thioether (sulfide) groups is 1. The molecule has 4 rings (SSSR count). The summed E-state index contributed by atoms with van der Waals surface area (Å²) in [5.41, 5.74) is 4.99. The molecule has 11 heteroatoms. The number of carbonyl (C=O) groups excluding carboxylic acids is 1. The molecular weight excluding hydrogens is 433 g/mol. The van der Waals surface area contributed by atoms with E-state index in [1.165, 1.54) is 48.3 Å². The van der Waals surface area contributed by atoms with Gasteiger partial charge in [0.05, 0.1) is 19.4 Å². The zero-order valence-electron chi connectivity index (χ0n) is 16.2. The van der Waals surface area contributed by atoms with Gasteiger partial charge < -0.3 is 20.5 Å². The lowest BCUT2D eigenvalue weighted by Gasteiger charge is -2.45. The van der Waals surface area contributed by atoms with Crippen LogP contribution in [0.1, 0.15) is 16.1 Å². The number of hydrogen-bond acceptors (Lipinski definition) is 7. The normalized spacial score (nSPS) is 25.3. The lowest BCUT2D eigenvalue weighted by molar-refractivity contribution is -0.0526. The number of ether oxygens (including phenoxy) is 2. The summed E-state index contributed by atoms with van der Waals surface area (Å²) in [6.45, 7) is -1.12. The van der Waals surface area contributed by atoms with E-state index in [9.17, 15) is 18.0 Å². The van der Waals surface area contributed by atoms with Crippen molar-refractivity contribution in [3.63, 3.8) is 0 Å². The summed E-state index contributed by atoms with van der Waals surface area (Å²) < 4.78 is 51.8. The van der Waals surface area contributed by atoms with Crippen LogP contribution in [-0.2, 0) is 10.3 Å². The summed E-state index contributed by atoms with van der Waals surface area (Å²) in [6.07, 6.45) is -0.114. The number of nitrogens with one attached hydrogen (secondary N) is 1. The van der Waals surface area contributed by atoms with Crippen molar-refractivity contribution in [2.24, 2.45) is 16.6 Å². The summed E-state index contributed by atoms with van der Waals surface area (Å²) in [5.74, 6) is -1.27. The molecule has 1 saturated heterocycles. The standard InChI is InChI=1S/C20H19F3N4O3S/c21-10-30-12-2-4-17(25-6-12)18(28)26-11-1-3-15(22)13(5-11)20-9-29-7-16(23)14(20)8-31-19(24)27-20/h1-6,14,16H,7-10H2,(H2,24,27)(H,26,28)/t14-,16-,20-/m1/s1. The summed E-state index contributed by atoms with van der Waals surface area (Å²) in [4.78, 5) is 20.8. The number of benzene rings is 1. The van der Waals surface area contributed by atoms with Crippen LogP contribution in [-0.4, -0.2) is 48.1 Å². The van der Waals surface area contributed by atoms with E-state index in [4.69, 9.17) is 10.5 Å². The smallest absolute Gasteiger partial charge is 0.274 e. The van der Waals surface area contributed by atoms with Gasteiger partial charge in [0.1, 0.15) is 29.0 Å². The van der Waals surface area contributed by atoms with Gasteiger partial charge in [-0.2, -0.15) is 0 Å². The molecule has 2 aliphatic rings. The van der Waals surface area contributed by atoms with Gasteiger partial charge in [0.15, 0.2) is 5.17 Å². The van der Waals surface area contributed by atoms with E-state index in [1.807, 2.05) is 0 Å². The first-order chi connectivity index (χ1) is 14.9. The van der Waals surface area contributed by atoms with E-state index in [2.05, 4.69) is 20.0 Å². The predicted octanol–water partition coefficient (Wildman–Crippen LogP) is 3.02. The second-order valence-electron chi connectivity index (χ2n) is 7.10. The Balaban J connectivity index is 1.64. The number of halogens is 3. The molecule has 7 nitrogen and oxygen atoms in total. The Kier molecular flexibility index (Phi) is 6.05. The van der Waals surface area contributed by atoms with Gasteiger partial charge in [-0.1, -0.05) is 11.8 Å². The van der Waals surface area contributed by atoms with Crippen LogP contribution in [0.2, 0.25) is 0 Å². The van der Waals surface area contributed by atoms with Crippen molar-refractivity contribution in [1.29, 1.82) is 0 Å². The molecule has 0 unspecified atom stereocenters. The Bertz CT molecular complexity index is 1010. The van der Waals surface area contributed by atoms with Gasteiger partial charge in [-0.05, 0) is 30.3 Å². The Morgan fingerprint density at radius 3 is 2.97 bits per heavy atom. The minimum atomic E-state index is -1.33. The van der Waals surface area contributed by atoms with Gasteiger partial charge in [-0.25, -0.2) is 23.1 Å². The second kappa shape index (κ2) is 8.75. The van der Waals surface area contributed by atoms with E-state index >= 15 is 0 Å². The van der Waals surface area contributed by atoms with Crippen LogP contribution in [0.15, 0.2) is 41.5 Å². The van der Waals surface area contributed by atoms with Crippen molar-refractivity contribution >= 4 is 28.5 Å². The number of nitrogens with two attached hydrogens (primary N) is 1. The molecule has 0 saturated carbocycles. The summed E-state index contributed by atoms with van der Waals surface area (Å²) in [5, 5.41) is 2.85. The van der Waals surface area contributed by atoms with Crippen LogP contribution in [0.3, 0.4) is 0 Å². The number of amides is 1. The molecule has 1 aromatic heterocycles. The Morgan fingerprint density at radius 2 is 2.23 bits per heavy atom. The van der Waals surface area contributed by atoms with E-state index in [1.54, 1.807) is 0 Å². The van der Waals surface area contributed by atoms with Crippen molar-refractivity contribution in [3.05, 3.63) is 53.6 Å². The lowest BCUT2D eigenvalue weighted by atomic mass is 9.75. The first-order valence-electron chi connectivity index (χ1n) is 9.39. The molecule has 164 valence electrons. The van der Waals surface area contributed by atoms with Gasteiger partial charge in [0.25, 0.3) is 5.91 Å². The van der Waals surface area contributed by atoms with Crippen LogP contribution in [0.4, 0.5) is 18.9 Å². The summed E-state index contributed by atoms with van der Waals surface area (Å²) in [6, 6.07) is 6.74. The van der Waals surface area contributed by atoms with Crippen LogP contribution in [0.25, 0.3) is 0 Å². The van der Waals surface area contributed by atoms with Crippen LogP contribution in [0, 0.1) is 11.7 Å². The molecule has 1 amide bonds. The molecule has 3 atom stereocenters. The molecule has 2 aromatic rings. The molecule has 1 aromatic carbocycles. The number of aromatic nitrogens is 1. The van der Waals surface area contributed by atoms with E-state index in [-0.39, 0.29) is 41.1 Å². The number of hydrogen-bond donors (Lipinski definition) is 2. The average molecular weight is 452 g/mol. The SMILES string of the molecule is NC1=N[C@@]2(c3cc(NC(=O)c4ccc(OCF)cn4)ccc3F)COC[C@@H](F)[C@H]2CS1. The van der Waals surface area contributed by atoms with E-state index in [0.29, 0.717) is 5.75 Å². The lowest BCUT2D eigenvalue weighted by Crippen LogP contribution is -2.53. The van der Waals surface area contributed by atoms with Crippen molar-refractivity contribution in [2.75, 3.05) is 31.1 Å². The number of alkyl halides is 2. The van der Waals surface area contributed by atoms with E-state index in [0.717, 1.165) is 0 Å². The third-order valence-corrected chi connectivity index (χ3v) is 6.16. The fourth-order valence-corrected chi connectivity index (χ4v) is 4.80. The highest BCUT2D eigenvalue weighted by molar-refractivity contribution is 8.13. The Hall–Kier alpha value is -2.79. The predicted molar refractivity (Wildman–Crippen MR) is 110 cm³/mol. The molecule has 0 spiro atoms. The Morgan fingerprint density at radius 1 is 1.39 bits per heavy atom. The maximum Gasteiger partial charge on any atom is 0.274 e. The molecule has 3 heterocycles. The van der Waals surface area contributed by atoms with Gasteiger partial charge in [0, 0.05) is 22.9 Å². The molecule has 1 fully saturated rings. The molecule has 0 aliphatic carbocycles. The highest BCUT2D eigenvalue weighted by Crippen LogP contribution is 2.46. The minimum absolute atomic E-state index is 0.0226. The topological polar surface area (TPSA) is 98.8 Å². The Labute approximate surface area is 180 Å². The molecule has 31 heavy (non-hydrogen) atoms. The van der Waals surface area contributed by atoms with Gasteiger partial charge in [-0.15, -0.1) is 0 Å². The van der Waals surface area contributed by atoms with Crippen molar-refractivity contribution in [2.45, 2.75) is 11.7 Å². The second-order valence-corrected chi connectivity index (χ2v) is 8.14. The molecule has 3 N–H and O–H groups in total. The molecular formula is C20H19F3N4O3S. The summed E-state index contributed by atoms with van der Waals surface area (Å²) >= 11 is 1.22. The average Bonchev–Trinajstić information content (AvgIpc) is 2.75. The van der Waals surface area contributed by atoms with E-state index < -0.39 is 36.2 Å². The number of fused-ring (bicyclic) bond motifs is 1. The highest BCUT2D eigenvalue weighted by atomic mass is 32.2. The minimum Gasteiger partial charge on any atom is -0.461 e.